The highest BCUT2D eigenvalue weighted by Gasteiger charge is 2.04. The first-order valence-electron chi connectivity index (χ1n) is 8.79. The van der Waals surface area contributed by atoms with Gasteiger partial charge in [-0.2, -0.15) is 5.10 Å². The van der Waals surface area contributed by atoms with Crippen LogP contribution in [0.25, 0.3) is 21.7 Å². The number of aromatic nitrogens is 1. The minimum atomic E-state index is -0.195. The molecule has 27 heavy (non-hydrogen) atoms. The van der Waals surface area contributed by atoms with E-state index in [0.29, 0.717) is 0 Å². The third-order valence-corrected chi connectivity index (χ3v) is 4.52. The van der Waals surface area contributed by atoms with Gasteiger partial charge in [-0.15, -0.1) is 0 Å². The van der Waals surface area contributed by atoms with Crippen molar-refractivity contribution in [1.82, 2.24) is 9.99 Å². The van der Waals surface area contributed by atoms with Gasteiger partial charge in [0.25, 0.3) is 5.91 Å². The van der Waals surface area contributed by atoms with Gasteiger partial charge in [-0.3, -0.25) is 4.79 Å². The number of carbonyl (C=O) groups excluding carboxylic acids is 1. The molecule has 0 aliphatic carbocycles. The molecule has 5 heteroatoms. The fraction of sp³-hybridized carbons (Fsp3) is 0.0909. The van der Waals surface area contributed by atoms with E-state index >= 15 is 0 Å². The fourth-order valence-corrected chi connectivity index (χ4v) is 3.17. The molecule has 1 aromatic heterocycles. The number of anilines is 1. The number of hydrogen-bond donors (Lipinski definition) is 2. The zero-order chi connectivity index (χ0) is 18.6. The topological polar surface area (TPSA) is 58.4 Å². The normalized spacial score (nSPS) is 11.3. The van der Waals surface area contributed by atoms with Crippen LogP contribution in [0.4, 0.5) is 5.69 Å². The summed E-state index contributed by atoms with van der Waals surface area (Å²) in [6.45, 7) is 0.158. The maximum atomic E-state index is 12.0. The van der Waals surface area contributed by atoms with E-state index in [2.05, 4.69) is 34.0 Å². The molecule has 0 spiro atoms. The van der Waals surface area contributed by atoms with E-state index in [9.17, 15) is 4.79 Å². The van der Waals surface area contributed by atoms with Gasteiger partial charge in [-0.1, -0.05) is 48.5 Å². The highest BCUT2D eigenvalue weighted by Crippen LogP contribution is 2.19. The lowest BCUT2D eigenvalue weighted by molar-refractivity contribution is -0.119. The largest absolute Gasteiger partial charge is 0.376 e. The van der Waals surface area contributed by atoms with Gasteiger partial charge in [-0.25, -0.2) is 5.43 Å². The van der Waals surface area contributed by atoms with Crippen molar-refractivity contribution in [2.24, 2.45) is 12.1 Å². The molecule has 3 aromatic carbocycles. The Morgan fingerprint density at radius 3 is 2.70 bits per heavy atom. The first-order chi connectivity index (χ1) is 13.2. The molecule has 0 saturated heterocycles. The van der Waals surface area contributed by atoms with Crippen LogP contribution in [0.1, 0.15) is 5.56 Å². The smallest absolute Gasteiger partial charge is 0.259 e. The molecule has 0 atom stereocenters. The molecule has 0 saturated carbocycles. The van der Waals surface area contributed by atoms with Gasteiger partial charge in [0.15, 0.2) is 0 Å². The maximum absolute atomic E-state index is 12.0. The van der Waals surface area contributed by atoms with Crippen LogP contribution in [-0.2, 0) is 11.8 Å². The van der Waals surface area contributed by atoms with Crippen LogP contribution in [0, 0.1) is 0 Å². The van der Waals surface area contributed by atoms with Crippen molar-refractivity contribution in [1.29, 1.82) is 0 Å². The van der Waals surface area contributed by atoms with Crippen molar-refractivity contribution in [2.75, 3.05) is 11.9 Å². The molecular weight excluding hydrogens is 336 g/mol. The Balaban J connectivity index is 1.36. The lowest BCUT2D eigenvalue weighted by atomic mass is 10.1. The van der Waals surface area contributed by atoms with Crippen LogP contribution < -0.4 is 10.7 Å². The number of hydrogen-bond acceptors (Lipinski definition) is 3. The number of aryl methyl sites for hydroxylation is 1. The number of para-hydroxylation sites is 1. The number of amides is 1. The number of hydrazone groups is 1. The van der Waals surface area contributed by atoms with E-state index in [0.717, 1.165) is 27.5 Å². The predicted octanol–water partition coefficient (Wildman–Crippen LogP) is 3.89. The van der Waals surface area contributed by atoms with Gasteiger partial charge in [0.05, 0.1) is 12.8 Å². The Morgan fingerprint density at radius 1 is 1.04 bits per heavy atom. The molecule has 4 rings (SSSR count). The number of nitrogens with zero attached hydrogens (tertiary/aromatic N) is 2. The third kappa shape index (κ3) is 3.67. The van der Waals surface area contributed by atoms with Gasteiger partial charge in [0, 0.05) is 35.4 Å². The summed E-state index contributed by atoms with van der Waals surface area (Å²) in [6.07, 6.45) is 3.67. The monoisotopic (exact) mass is 356 g/mol. The molecular formula is C22H20N4O. The Hall–Kier alpha value is -3.60. The summed E-state index contributed by atoms with van der Waals surface area (Å²) in [5.41, 5.74) is 5.57. The van der Waals surface area contributed by atoms with E-state index < -0.39 is 0 Å². The molecule has 5 nitrogen and oxygen atoms in total. The Morgan fingerprint density at radius 2 is 1.81 bits per heavy atom. The predicted molar refractivity (Wildman–Crippen MR) is 111 cm³/mol. The molecule has 4 aromatic rings. The van der Waals surface area contributed by atoms with Crippen molar-refractivity contribution in [3.63, 3.8) is 0 Å². The Labute approximate surface area is 157 Å². The van der Waals surface area contributed by atoms with E-state index in [1.807, 2.05) is 66.3 Å². The number of rotatable bonds is 5. The fourth-order valence-electron chi connectivity index (χ4n) is 3.17. The first kappa shape index (κ1) is 16.8. The molecule has 0 fully saturated rings. The van der Waals surface area contributed by atoms with Gasteiger partial charge in [-0.05, 0) is 29.0 Å². The van der Waals surface area contributed by atoms with Crippen molar-refractivity contribution < 1.29 is 4.79 Å². The molecule has 0 radical (unpaired) electrons. The molecule has 1 amide bonds. The standard InChI is InChI=1S/C22H20N4O/c1-26-15-18(20-8-4-5-9-21(20)26)13-24-25-22(27)14-23-19-11-10-16-6-2-3-7-17(16)12-19/h2-13,15,23H,14H2,1H3,(H,25,27). The summed E-state index contributed by atoms with van der Waals surface area (Å²) < 4.78 is 2.04. The lowest BCUT2D eigenvalue weighted by Gasteiger charge is -2.06. The molecule has 0 unspecified atom stereocenters. The second kappa shape index (κ2) is 7.33. The molecule has 134 valence electrons. The van der Waals surface area contributed by atoms with Gasteiger partial charge < -0.3 is 9.88 Å². The van der Waals surface area contributed by atoms with Crippen LogP contribution in [0.3, 0.4) is 0 Å². The molecule has 1 heterocycles. The third-order valence-electron chi connectivity index (χ3n) is 4.52. The second-order valence-electron chi connectivity index (χ2n) is 6.42. The SMILES string of the molecule is Cn1cc(C=NNC(=O)CNc2ccc3ccccc3c2)c2ccccc21. The summed E-state index contributed by atoms with van der Waals surface area (Å²) >= 11 is 0. The van der Waals surface area contributed by atoms with E-state index in [1.54, 1.807) is 6.21 Å². The number of carbonyl (C=O) groups is 1. The average Bonchev–Trinajstić information content (AvgIpc) is 3.02. The molecule has 0 aliphatic heterocycles. The van der Waals surface area contributed by atoms with E-state index in [4.69, 9.17) is 0 Å². The summed E-state index contributed by atoms with van der Waals surface area (Å²) in [6, 6.07) is 22.2. The molecule has 2 N–H and O–H groups in total. The number of fused-ring (bicyclic) bond motifs is 2. The Kier molecular flexibility index (Phi) is 4.58. The maximum Gasteiger partial charge on any atom is 0.259 e. The zero-order valence-electron chi connectivity index (χ0n) is 15.0. The van der Waals surface area contributed by atoms with E-state index in [-0.39, 0.29) is 12.5 Å². The van der Waals surface area contributed by atoms with Crippen molar-refractivity contribution in [3.05, 3.63) is 78.5 Å². The Bertz CT molecular complexity index is 1140. The molecule has 0 aliphatic rings. The lowest BCUT2D eigenvalue weighted by Crippen LogP contribution is -2.25. The number of benzene rings is 3. The van der Waals surface area contributed by atoms with Crippen LogP contribution >= 0.6 is 0 Å². The van der Waals surface area contributed by atoms with Gasteiger partial charge >= 0.3 is 0 Å². The number of nitrogens with one attached hydrogen (secondary N) is 2. The van der Waals surface area contributed by atoms with Crippen LogP contribution in [-0.4, -0.2) is 23.2 Å². The minimum Gasteiger partial charge on any atom is -0.376 e. The average molecular weight is 356 g/mol. The van der Waals surface area contributed by atoms with Gasteiger partial charge in [0.2, 0.25) is 0 Å². The van der Waals surface area contributed by atoms with Crippen molar-refractivity contribution in [2.45, 2.75) is 0 Å². The van der Waals surface area contributed by atoms with E-state index in [1.165, 1.54) is 5.39 Å². The molecule has 0 bridgehead atoms. The van der Waals surface area contributed by atoms with Crippen LogP contribution in [0.15, 0.2) is 78.0 Å². The highest BCUT2D eigenvalue weighted by atomic mass is 16.2. The highest BCUT2D eigenvalue weighted by molar-refractivity contribution is 5.99. The summed E-state index contributed by atoms with van der Waals surface area (Å²) in [5.74, 6) is -0.195. The first-order valence-corrected chi connectivity index (χ1v) is 8.79. The minimum absolute atomic E-state index is 0.158. The van der Waals surface area contributed by atoms with Crippen LogP contribution in [0.2, 0.25) is 0 Å². The summed E-state index contributed by atoms with van der Waals surface area (Å²) in [5, 5.41) is 10.6. The zero-order valence-corrected chi connectivity index (χ0v) is 15.0. The van der Waals surface area contributed by atoms with Crippen LogP contribution in [0.5, 0.6) is 0 Å². The second-order valence-corrected chi connectivity index (χ2v) is 6.42. The summed E-state index contributed by atoms with van der Waals surface area (Å²) in [4.78, 5) is 12.0. The van der Waals surface area contributed by atoms with Gasteiger partial charge in [0.1, 0.15) is 0 Å². The van der Waals surface area contributed by atoms with Crippen molar-refractivity contribution >= 4 is 39.5 Å². The quantitative estimate of drug-likeness (QED) is 0.421. The summed E-state index contributed by atoms with van der Waals surface area (Å²) in [7, 11) is 1.99. The van der Waals surface area contributed by atoms with Crippen molar-refractivity contribution in [3.8, 4) is 0 Å².